The Morgan fingerprint density at radius 3 is 1.54 bits per heavy atom. The molecule has 2 heterocycles. The highest BCUT2D eigenvalue weighted by Crippen LogP contribution is 2.88. The number of rotatable bonds is 2. The lowest BCUT2D eigenvalue weighted by Gasteiger charge is -2.67. The second-order valence-electron chi connectivity index (χ2n) is 9.24. The number of carbonyl (C=O) groups excluding carboxylic acids is 4. The van der Waals surface area contributed by atoms with Gasteiger partial charge in [0.2, 0.25) is 0 Å². The molecule has 2 aliphatic heterocycles. The molecule has 7 fully saturated rings. The van der Waals surface area contributed by atoms with Gasteiger partial charge in [-0.25, -0.2) is 0 Å². The van der Waals surface area contributed by atoms with Crippen LogP contribution in [0.4, 0.5) is 0 Å². The van der Waals surface area contributed by atoms with Crippen molar-refractivity contribution in [1.29, 1.82) is 0 Å². The molecule has 8 atom stereocenters. The van der Waals surface area contributed by atoms with E-state index < -0.39 is 69.6 Å². The van der Waals surface area contributed by atoms with E-state index in [1.54, 1.807) is 0 Å². The first kappa shape index (κ1) is 16.8. The van der Waals surface area contributed by atoms with E-state index in [0.717, 1.165) is 12.8 Å². The summed E-state index contributed by atoms with van der Waals surface area (Å²) in [5.41, 5.74) is -4.02. The van der Waals surface area contributed by atoms with Gasteiger partial charge >= 0.3 is 23.9 Å². The molecular formula is C20H22O8. The fraction of sp³-hybridized carbons (Fsp3) is 0.800. The summed E-state index contributed by atoms with van der Waals surface area (Å²) >= 11 is 0. The highest BCUT2D eigenvalue weighted by Gasteiger charge is 2.99. The van der Waals surface area contributed by atoms with E-state index in [0.29, 0.717) is 25.7 Å². The molecule has 8 nitrogen and oxygen atoms in total. The van der Waals surface area contributed by atoms with E-state index in [1.807, 2.05) is 0 Å². The first-order valence-corrected chi connectivity index (χ1v) is 10.00. The molecule has 2 saturated heterocycles. The van der Waals surface area contributed by atoms with Crippen LogP contribution in [0, 0.1) is 34.5 Å². The van der Waals surface area contributed by atoms with Gasteiger partial charge in [0.15, 0.2) is 11.2 Å². The first-order chi connectivity index (χ1) is 13.4. The molecule has 0 radical (unpaired) electrons. The molecule has 0 N–H and O–H groups in total. The third-order valence-electron chi connectivity index (χ3n) is 9.25. The molecule has 7 aliphatic rings. The Balaban J connectivity index is 1.75. The van der Waals surface area contributed by atoms with Crippen LogP contribution in [0.3, 0.4) is 0 Å². The van der Waals surface area contributed by atoms with Gasteiger partial charge < -0.3 is 18.9 Å². The van der Waals surface area contributed by atoms with Gasteiger partial charge in [-0.1, -0.05) is 0 Å². The van der Waals surface area contributed by atoms with Crippen molar-refractivity contribution in [3.63, 3.8) is 0 Å². The van der Waals surface area contributed by atoms with Crippen LogP contribution in [-0.2, 0) is 38.1 Å². The zero-order valence-electron chi connectivity index (χ0n) is 15.8. The summed E-state index contributed by atoms with van der Waals surface area (Å²) in [5, 5.41) is 0. The van der Waals surface area contributed by atoms with Crippen LogP contribution < -0.4 is 0 Å². The standard InChI is InChI=1S/C20H22O8/c1-25-13(21)9-11-15(23)27-20-8-4-6-18(11,20)10(14(22)26-2)12-16(24)28-19(20)7-3-5-17(9,12)19/h9-12H,3-8H2,1-2H3. The van der Waals surface area contributed by atoms with E-state index in [1.165, 1.54) is 14.2 Å². The molecule has 0 aromatic carbocycles. The number of ether oxygens (including phenoxy) is 4. The molecular weight excluding hydrogens is 368 g/mol. The van der Waals surface area contributed by atoms with Gasteiger partial charge in [-0.3, -0.25) is 19.2 Å². The predicted molar refractivity (Wildman–Crippen MR) is 88.2 cm³/mol. The number of methoxy groups -OCH3 is 2. The fourth-order valence-corrected chi connectivity index (χ4v) is 9.05. The Hall–Kier alpha value is -2.12. The van der Waals surface area contributed by atoms with Gasteiger partial charge in [0.25, 0.3) is 0 Å². The normalized spacial score (nSPS) is 54.1. The van der Waals surface area contributed by atoms with Crippen LogP contribution in [-0.4, -0.2) is 49.3 Å². The number of hydrogen-bond acceptors (Lipinski definition) is 8. The SMILES string of the molecule is COC(=O)C1C2C(=O)OC34CCCC23C(C(=O)OC)C2C(=O)OC43CCCC123. The minimum atomic E-state index is -1.05. The molecule has 0 aromatic rings. The third-order valence-corrected chi connectivity index (χ3v) is 9.25. The van der Waals surface area contributed by atoms with E-state index in [-0.39, 0.29) is 0 Å². The largest absolute Gasteiger partial charge is 0.469 e. The van der Waals surface area contributed by atoms with E-state index >= 15 is 0 Å². The average Bonchev–Trinajstić information content (AvgIpc) is 3.33. The molecule has 2 spiro atoms. The molecule has 5 aliphatic carbocycles. The van der Waals surface area contributed by atoms with Gasteiger partial charge in [-0.2, -0.15) is 0 Å². The number of esters is 4. The Kier molecular flexibility index (Phi) is 2.73. The zero-order chi connectivity index (χ0) is 19.7. The van der Waals surface area contributed by atoms with Crippen molar-refractivity contribution in [3.8, 4) is 0 Å². The summed E-state index contributed by atoms with van der Waals surface area (Å²) in [6.07, 6.45) is 3.63. The van der Waals surface area contributed by atoms with Gasteiger partial charge in [0.05, 0.1) is 37.9 Å². The summed E-state index contributed by atoms with van der Waals surface area (Å²) in [6.45, 7) is 0. The molecule has 8 unspecified atom stereocenters. The fourth-order valence-electron chi connectivity index (χ4n) is 9.05. The summed E-state index contributed by atoms with van der Waals surface area (Å²) in [6, 6.07) is 0. The number of hydrogen-bond donors (Lipinski definition) is 0. The van der Waals surface area contributed by atoms with Gasteiger partial charge in [-0.15, -0.1) is 0 Å². The lowest BCUT2D eigenvalue weighted by atomic mass is 9.31. The second kappa shape index (κ2) is 4.54. The summed E-state index contributed by atoms with van der Waals surface area (Å²) in [4.78, 5) is 52.5. The lowest BCUT2D eigenvalue weighted by Crippen LogP contribution is -2.80. The van der Waals surface area contributed by atoms with E-state index in [4.69, 9.17) is 18.9 Å². The summed E-state index contributed by atoms with van der Waals surface area (Å²) in [7, 11) is 2.59. The van der Waals surface area contributed by atoms with Gasteiger partial charge in [0, 0.05) is 10.8 Å². The molecule has 6 bridgehead atoms. The molecule has 150 valence electrons. The van der Waals surface area contributed by atoms with Crippen LogP contribution in [0.25, 0.3) is 0 Å². The molecule has 0 aromatic heterocycles. The average molecular weight is 390 g/mol. The van der Waals surface area contributed by atoms with Gasteiger partial charge in [-0.05, 0) is 38.5 Å². The quantitative estimate of drug-likeness (QED) is 0.503. The monoisotopic (exact) mass is 390 g/mol. The maximum Gasteiger partial charge on any atom is 0.311 e. The van der Waals surface area contributed by atoms with Crippen molar-refractivity contribution in [2.45, 2.75) is 49.7 Å². The summed E-state index contributed by atoms with van der Waals surface area (Å²) in [5.74, 6) is -5.23. The van der Waals surface area contributed by atoms with Crippen LogP contribution >= 0.6 is 0 Å². The van der Waals surface area contributed by atoms with E-state index in [9.17, 15) is 19.2 Å². The lowest BCUT2D eigenvalue weighted by molar-refractivity contribution is -0.295. The smallest absolute Gasteiger partial charge is 0.311 e. The van der Waals surface area contributed by atoms with Crippen molar-refractivity contribution >= 4 is 23.9 Å². The van der Waals surface area contributed by atoms with Crippen molar-refractivity contribution in [2.75, 3.05) is 14.2 Å². The Morgan fingerprint density at radius 1 is 0.786 bits per heavy atom. The predicted octanol–water partition coefficient (Wildman–Crippen LogP) is 0.756. The van der Waals surface area contributed by atoms with Crippen molar-refractivity contribution in [3.05, 3.63) is 0 Å². The van der Waals surface area contributed by atoms with Crippen molar-refractivity contribution in [1.82, 2.24) is 0 Å². The minimum absolute atomic E-state index is 0.464. The van der Waals surface area contributed by atoms with Crippen LogP contribution in [0.1, 0.15) is 38.5 Å². The molecule has 7 rings (SSSR count). The zero-order valence-corrected chi connectivity index (χ0v) is 15.8. The molecule has 8 heteroatoms. The maximum absolute atomic E-state index is 13.2. The Labute approximate surface area is 161 Å². The number of carbonyl (C=O) groups is 4. The van der Waals surface area contributed by atoms with Gasteiger partial charge in [0.1, 0.15) is 0 Å². The van der Waals surface area contributed by atoms with Crippen LogP contribution in [0.5, 0.6) is 0 Å². The molecule has 28 heavy (non-hydrogen) atoms. The maximum atomic E-state index is 13.2. The molecule has 5 saturated carbocycles. The minimum Gasteiger partial charge on any atom is -0.469 e. The first-order valence-electron chi connectivity index (χ1n) is 10.00. The van der Waals surface area contributed by atoms with Crippen molar-refractivity contribution < 1.29 is 38.1 Å². The topological polar surface area (TPSA) is 105 Å². The van der Waals surface area contributed by atoms with Crippen LogP contribution in [0.2, 0.25) is 0 Å². The second-order valence-corrected chi connectivity index (χ2v) is 9.24. The van der Waals surface area contributed by atoms with Crippen molar-refractivity contribution in [2.24, 2.45) is 34.5 Å². The Morgan fingerprint density at radius 2 is 1.18 bits per heavy atom. The Bertz CT molecular complexity index is 796. The van der Waals surface area contributed by atoms with Crippen LogP contribution in [0.15, 0.2) is 0 Å². The third kappa shape index (κ3) is 1.18. The highest BCUT2D eigenvalue weighted by molar-refractivity contribution is 5.97. The van der Waals surface area contributed by atoms with E-state index in [2.05, 4.69) is 0 Å². The molecule has 0 amide bonds. The summed E-state index contributed by atoms with van der Waals surface area (Å²) < 4.78 is 22.5. The highest BCUT2D eigenvalue weighted by atomic mass is 16.6.